The first kappa shape index (κ1) is 11.5. The molecule has 0 aliphatic carbocycles. The summed E-state index contributed by atoms with van der Waals surface area (Å²) in [6.07, 6.45) is 0. The van der Waals surface area contributed by atoms with Gasteiger partial charge in [-0.3, -0.25) is 4.79 Å². The number of hydrogen-bond donors (Lipinski definition) is 1. The molecule has 4 nitrogen and oxygen atoms in total. The molecule has 0 amide bonds. The molecule has 0 saturated heterocycles. The van der Waals surface area contributed by atoms with Crippen LogP contribution < -0.4 is 4.87 Å². The minimum absolute atomic E-state index is 0.0400. The maximum absolute atomic E-state index is 11.1. The van der Waals surface area contributed by atoms with E-state index in [0.29, 0.717) is 12.4 Å². The minimum atomic E-state index is -0.0400. The molecule has 0 unspecified atom stereocenters. The Morgan fingerprint density at radius 2 is 2.22 bits per heavy atom. The van der Waals surface area contributed by atoms with E-state index in [2.05, 4.69) is 9.97 Å². The number of nitrogens with one attached hydrogen (secondary N) is 1. The first-order valence-electron chi connectivity index (χ1n) is 5.44. The predicted molar refractivity (Wildman–Crippen MR) is 73.3 cm³/mol. The number of aromatic nitrogens is 3. The van der Waals surface area contributed by atoms with Crippen LogP contribution in [0.4, 0.5) is 0 Å². The van der Waals surface area contributed by atoms with Gasteiger partial charge < -0.3 is 9.55 Å². The molecule has 0 aliphatic heterocycles. The summed E-state index contributed by atoms with van der Waals surface area (Å²) in [6, 6.07) is 7.88. The zero-order valence-electron chi connectivity index (χ0n) is 9.39. The second kappa shape index (κ2) is 4.59. The lowest BCUT2D eigenvalue weighted by molar-refractivity contribution is 0.761. The Morgan fingerprint density at radius 3 is 2.94 bits per heavy atom. The molecule has 0 radical (unpaired) electrons. The first-order valence-corrected chi connectivity index (χ1v) is 6.86. The van der Waals surface area contributed by atoms with Gasteiger partial charge in [-0.15, -0.1) is 11.6 Å². The smallest absolute Gasteiger partial charge is 0.304 e. The van der Waals surface area contributed by atoms with E-state index in [-0.39, 0.29) is 4.87 Å². The van der Waals surface area contributed by atoms with Gasteiger partial charge in [-0.05, 0) is 12.1 Å². The van der Waals surface area contributed by atoms with Crippen LogP contribution in [-0.2, 0) is 12.4 Å². The molecular weight excluding hydrogens is 270 g/mol. The Kier molecular flexibility index (Phi) is 2.93. The summed E-state index contributed by atoms with van der Waals surface area (Å²) in [5.74, 6) is 1.16. The van der Waals surface area contributed by atoms with Gasteiger partial charge in [0.25, 0.3) is 0 Å². The predicted octanol–water partition coefficient (Wildman–Crippen LogP) is 2.57. The van der Waals surface area contributed by atoms with Crippen LogP contribution in [0.5, 0.6) is 0 Å². The maximum Gasteiger partial charge on any atom is 0.304 e. The molecule has 18 heavy (non-hydrogen) atoms. The number of alkyl halides is 1. The number of fused-ring (bicyclic) bond motifs is 1. The van der Waals surface area contributed by atoms with Crippen LogP contribution in [0.1, 0.15) is 11.5 Å². The SMILES string of the molecule is O=c1[nH]c(Cn2c(CCl)nc3ccccc32)cs1. The van der Waals surface area contributed by atoms with E-state index >= 15 is 0 Å². The third-order valence-corrected chi connectivity index (χ3v) is 3.71. The summed E-state index contributed by atoms with van der Waals surface area (Å²) in [5.41, 5.74) is 2.82. The third kappa shape index (κ3) is 1.95. The van der Waals surface area contributed by atoms with Gasteiger partial charge in [0, 0.05) is 11.1 Å². The van der Waals surface area contributed by atoms with Crippen LogP contribution in [0, 0.1) is 0 Å². The lowest BCUT2D eigenvalue weighted by atomic mass is 10.3. The molecule has 0 bridgehead atoms. The average molecular weight is 280 g/mol. The van der Waals surface area contributed by atoms with Crippen molar-refractivity contribution in [1.29, 1.82) is 0 Å². The summed E-state index contributed by atoms with van der Waals surface area (Å²) in [4.78, 5) is 18.4. The fraction of sp³-hybridized carbons (Fsp3) is 0.167. The molecule has 6 heteroatoms. The highest BCUT2D eigenvalue weighted by atomic mass is 35.5. The fourth-order valence-corrected chi connectivity index (χ4v) is 2.74. The summed E-state index contributed by atoms with van der Waals surface area (Å²) < 4.78 is 2.03. The second-order valence-corrected chi connectivity index (χ2v) is 5.02. The molecule has 1 aromatic carbocycles. The molecule has 92 valence electrons. The van der Waals surface area contributed by atoms with Gasteiger partial charge in [0.2, 0.25) is 0 Å². The molecule has 3 aromatic rings. The number of rotatable bonds is 3. The number of aromatic amines is 1. The van der Waals surface area contributed by atoms with Crippen molar-refractivity contribution in [3.05, 3.63) is 50.8 Å². The lowest BCUT2D eigenvalue weighted by Gasteiger charge is -2.05. The second-order valence-electron chi connectivity index (χ2n) is 3.91. The van der Waals surface area contributed by atoms with Crippen molar-refractivity contribution >= 4 is 34.0 Å². The molecule has 0 saturated carbocycles. The van der Waals surface area contributed by atoms with Crippen molar-refractivity contribution in [2.24, 2.45) is 0 Å². The normalized spacial score (nSPS) is 11.2. The minimum Gasteiger partial charge on any atom is -0.321 e. The average Bonchev–Trinajstić information content (AvgIpc) is 2.94. The van der Waals surface area contributed by atoms with Gasteiger partial charge in [-0.2, -0.15) is 0 Å². The van der Waals surface area contributed by atoms with Crippen LogP contribution in [0.25, 0.3) is 11.0 Å². The Labute approximate surface area is 112 Å². The molecule has 3 rings (SSSR count). The molecule has 0 spiro atoms. The summed E-state index contributed by atoms with van der Waals surface area (Å²) >= 11 is 7.09. The highest BCUT2D eigenvalue weighted by Crippen LogP contribution is 2.18. The van der Waals surface area contributed by atoms with Gasteiger partial charge in [0.05, 0.1) is 23.5 Å². The van der Waals surface area contributed by atoms with Crippen LogP contribution in [-0.4, -0.2) is 14.5 Å². The third-order valence-electron chi connectivity index (χ3n) is 2.75. The zero-order valence-corrected chi connectivity index (χ0v) is 11.0. The Balaban J connectivity index is 2.11. The van der Waals surface area contributed by atoms with Crippen molar-refractivity contribution in [2.45, 2.75) is 12.4 Å². The van der Waals surface area contributed by atoms with Crippen molar-refractivity contribution < 1.29 is 0 Å². The van der Waals surface area contributed by atoms with E-state index in [9.17, 15) is 4.79 Å². The summed E-state index contributed by atoms with van der Waals surface area (Å²) in [7, 11) is 0. The van der Waals surface area contributed by atoms with Crippen molar-refractivity contribution in [2.75, 3.05) is 0 Å². The number of benzene rings is 1. The first-order chi connectivity index (χ1) is 8.78. The number of H-pyrrole nitrogens is 1. The molecule has 0 atom stereocenters. The Hall–Kier alpha value is -1.59. The van der Waals surface area contributed by atoms with E-state index in [1.165, 1.54) is 11.3 Å². The van der Waals surface area contributed by atoms with Crippen LogP contribution in [0.2, 0.25) is 0 Å². The molecule has 0 aliphatic rings. The molecular formula is C12H10ClN3OS. The van der Waals surface area contributed by atoms with Crippen molar-refractivity contribution in [3.63, 3.8) is 0 Å². The maximum atomic E-state index is 11.1. The largest absolute Gasteiger partial charge is 0.321 e. The van der Waals surface area contributed by atoms with Crippen molar-refractivity contribution in [1.82, 2.24) is 14.5 Å². The van der Waals surface area contributed by atoms with Crippen molar-refractivity contribution in [3.8, 4) is 0 Å². The number of thiazole rings is 1. The van der Waals surface area contributed by atoms with E-state index in [0.717, 1.165) is 22.6 Å². The summed E-state index contributed by atoms with van der Waals surface area (Å²) in [5, 5.41) is 1.83. The van der Waals surface area contributed by atoms with Gasteiger partial charge in [0.15, 0.2) is 0 Å². The molecule has 1 N–H and O–H groups in total. The molecule has 2 aromatic heterocycles. The number of hydrogen-bond acceptors (Lipinski definition) is 3. The Bertz CT molecular complexity index is 743. The van der Waals surface area contributed by atoms with Crippen LogP contribution >= 0.6 is 22.9 Å². The topological polar surface area (TPSA) is 50.7 Å². The van der Waals surface area contributed by atoms with Crippen LogP contribution in [0.15, 0.2) is 34.4 Å². The summed E-state index contributed by atoms with van der Waals surface area (Å²) in [6.45, 7) is 0.585. The highest BCUT2D eigenvalue weighted by Gasteiger charge is 2.10. The zero-order chi connectivity index (χ0) is 12.5. The van der Waals surface area contributed by atoms with E-state index < -0.39 is 0 Å². The number of nitrogens with zero attached hydrogens (tertiary/aromatic N) is 2. The highest BCUT2D eigenvalue weighted by molar-refractivity contribution is 7.07. The molecule has 0 fully saturated rings. The van der Waals surface area contributed by atoms with Gasteiger partial charge >= 0.3 is 4.87 Å². The monoisotopic (exact) mass is 279 g/mol. The quantitative estimate of drug-likeness (QED) is 0.749. The fourth-order valence-electron chi connectivity index (χ4n) is 1.97. The number of imidazole rings is 1. The van der Waals surface area contributed by atoms with Gasteiger partial charge in [-0.25, -0.2) is 4.98 Å². The standard InChI is InChI=1S/C12H10ClN3OS/c13-5-11-15-9-3-1-2-4-10(9)16(11)6-8-7-18-12(17)14-8/h1-4,7H,5-6H2,(H,14,17). The number of para-hydroxylation sites is 2. The Morgan fingerprint density at radius 1 is 1.39 bits per heavy atom. The van der Waals surface area contributed by atoms with E-state index in [1.807, 2.05) is 34.2 Å². The number of halogens is 1. The van der Waals surface area contributed by atoms with Crippen LogP contribution in [0.3, 0.4) is 0 Å². The lowest BCUT2D eigenvalue weighted by Crippen LogP contribution is -2.05. The van der Waals surface area contributed by atoms with E-state index in [1.54, 1.807) is 0 Å². The molecule has 2 heterocycles. The van der Waals surface area contributed by atoms with Gasteiger partial charge in [-0.1, -0.05) is 23.5 Å². The van der Waals surface area contributed by atoms with E-state index in [4.69, 9.17) is 11.6 Å². The van der Waals surface area contributed by atoms with Gasteiger partial charge in [0.1, 0.15) is 5.82 Å².